The number of anilines is 1. The lowest BCUT2D eigenvalue weighted by molar-refractivity contribution is 0.248. The summed E-state index contributed by atoms with van der Waals surface area (Å²) in [7, 11) is 3.98. The molecule has 19 heavy (non-hydrogen) atoms. The van der Waals surface area contributed by atoms with E-state index in [-0.39, 0.29) is 5.41 Å². The van der Waals surface area contributed by atoms with Gasteiger partial charge in [-0.2, -0.15) is 0 Å². The molecule has 2 atom stereocenters. The maximum absolute atomic E-state index is 5.93. The van der Waals surface area contributed by atoms with Crippen LogP contribution < -0.4 is 15.4 Å². The zero-order valence-corrected chi connectivity index (χ0v) is 12.0. The maximum atomic E-state index is 5.93. The van der Waals surface area contributed by atoms with E-state index in [1.54, 1.807) is 7.11 Å². The van der Waals surface area contributed by atoms with Gasteiger partial charge in [0.05, 0.1) is 7.11 Å². The van der Waals surface area contributed by atoms with E-state index in [1.807, 2.05) is 0 Å². The van der Waals surface area contributed by atoms with Gasteiger partial charge in [-0.25, -0.2) is 0 Å². The third-order valence-electron chi connectivity index (χ3n) is 5.17. The summed E-state index contributed by atoms with van der Waals surface area (Å²) in [5, 5.41) is 0. The summed E-state index contributed by atoms with van der Waals surface area (Å²) in [6.45, 7) is 0.765. The van der Waals surface area contributed by atoms with Gasteiger partial charge in [0.25, 0.3) is 0 Å². The topological polar surface area (TPSA) is 38.5 Å². The molecule has 1 aromatic rings. The summed E-state index contributed by atoms with van der Waals surface area (Å²) >= 11 is 0. The molecule has 1 aliphatic heterocycles. The summed E-state index contributed by atoms with van der Waals surface area (Å²) in [6.07, 6.45) is 6.29. The van der Waals surface area contributed by atoms with Crippen LogP contribution in [0, 0.1) is 0 Å². The van der Waals surface area contributed by atoms with Gasteiger partial charge >= 0.3 is 0 Å². The number of methoxy groups -OCH3 is 1. The Bertz CT molecular complexity index is 470. The van der Waals surface area contributed by atoms with Crippen LogP contribution in [0.15, 0.2) is 18.2 Å². The van der Waals surface area contributed by atoms with Gasteiger partial charge in [0.2, 0.25) is 0 Å². The first-order valence-corrected chi connectivity index (χ1v) is 7.34. The van der Waals surface area contributed by atoms with Crippen LogP contribution in [0.4, 0.5) is 5.69 Å². The van der Waals surface area contributed by atoms with E-state index in [9.17, 15) is 0 Å². The van der Waals surface area contributed by atoms with Crippen molar-refractivity contribution in [3.63, 3.8) is 0 Å². The molecular weight excluding hydrogens is 236 g/mol. The van der Waals surface area contributed by atoms with Crippen molar-refractivity contribution in [3.05, 3.63) is 23.8 Å². The first kappa shape index (κ1) is 12.8. The number of likely N-dealkylation sites (N-methyl/N-ethyl adjacent to an activating group) is 1. The number of benzene rings is 1. The van der Waals surface area contributed by atoms with Crippen molar-refractivity contribution in [1.82, 2.24) is 0 Å². The fourth-order valence-electron chi connectivity index (χ4n) is 4.30. The second kappa shape index (κ2) is 4.71. The normalized spacial score (nSPS) is 29.0. The quantitative estimate of drug-likeness (QED) is 0.908. The number of rotatable bonds is 3. The molecule has 0 amide bonds. The minimum absolute atomic E-state index is 0.256. The van der Waals surface area contributed by atoms with Crippen LogP contribution in [0.3, 0.4) is 0 Å². The molecule has 2 unspecified atom stereocenters. The Morgan fingerprint density at radius 3 is 3.00 bits per heavy atom. The highest BCUT2D eigenvalue weighted by Crippen LogP contribution is 2.54. The lowest BCUT2D eigenvalue weighted by Crippen LogP contribution is -2.46. The number of hydrogen-bond donors (Lipinski definition) is 1. The van der Waals surface area contributed by atoms with E-state index < -0.39 is 0 Å². The number of nitrogens with two attached hydrogens (primary N) is 1. The molecule has 2 aliphatic rings. The van der Waals surface area contributed by atoms with Crippen molar-refractivity contribution in [1.29, 1.82) is 0 Å². The Hall–Kier alpha value is -1.22. The van der Waals surface area contributed by atoms with E-state index in [0.717, 1.165) is 18.7 Å². The first-order chi connectivity index (χ1) is 9.23. The molecule has 0 aromatic heterocycles. The van der Waals surface area contributed by atoms with E-state index in [4.69, 9.17) is 10.5 Å². The van der Waals surface area contributed by atoms with Crippen LogP contribution in [-0.2, 0) is 5.41 Å². The SMILES string of the molecule is COc1ccc2c(c1)C1(CCN)CCCCC1N2C. The highest BCUT2D eigenvalue weighted by atomic mass is 16.5. The second-order valence-electron chi connectivity index (χ2n) is 5.95. The van der Waals surface area contributed by atoms with Gasteiger partial charge in [0.1, 0.15) is 5.75 Å². The van der Waals surface area contributed by atoms with Gasteiger partial charge in [-0.15, -0.1) is 0 Å². The van der Waals surface area contributed by atoms with Crippen molar-refractivity contribution in [2.75, 3.05) is 25.6 Å². The molecule has 1 heterocycles. The van der Waals surface area contributed by atoms with Gasteiger partial charge in [-0.05, 0) is 49.6 Å². The summed E-state index contributed by atoms with van der Waals surface area (Å²) < 4.78 is 5.43. The van der Waals surface area contributed by atoms with Gasteiger partial charge in [-0.1, -0.05) is 12.8 Å². The van der Waals surface area contributed by atoms with Crippen molar-refractivity contribution in [2.45, 2.75) is 43.6 Å². The van der Waals surface area contributed by atoms with E-state index >= 15 is 0 Å². The molecule has 2 N–H and O–H groups in total. The fourth-order valence-corrected chi connectivity index (χ4v) is 4.30. The average Bonchev–Trinajstić information content (AvgIpc) is 2.69. The Balaban J connectivity index is 2.12. The van der Waals surface area contributed by atoms with Crippen LogP contribution in [0.5, 0.6) is 5.75 Å². The number of hydrogen-bond acceptors (Lipinski definition) is 3. The number of fused-ring (bicyclic) bond motifs is 3. The summed E-state index contributed by atoms with van der Waals surface area (Å²) in [4.78, 5) is 2.48. The van der Waals surface area contributed by atoms with Crippen molar-refractivity contribution in [3.8, 4) is 5.75 Å². The van der Waals surface area contributed by atoms with Crippen LogP contribution in [0.25, 0.3) is 0 Å². The molecule has 0 bridgehead atoms. The Labute approximate surface area is 115 Å². The molecule has 1 aliphatic carbocycles. The third kappa shape index (κ3) is 1.75. The molecule has 104 valence electrons. The highest BCUT2D eigenvalue weighted by molar-refractivity contribution is 5.66. The van der Waals surface area contributed by atoms with Gasteiger partial charge < -0.3 is 15.4 Å². The molecule has 1 aromatic carbocycles. The molecule has 3 heteroatoms. The minimum Gasteiger partial charge on any atom is -0.497 e. The van der Waals surface area contributed by atoms with E-state index in [2.05, 4.69) is 30.1 Å². The second-order valence-corrected chi connectivity index (χ2v) is 5.95. The Kier molecular flexibility index (Phi) is 3.17. The minimum atomic E-state index is 0.256. The van der Waals surface area contributed by atoms with Crippen LogP contribution in [0.1, 0.15) is 37.7 Å². The smallest absolute Gasteiger partial charge is 0.119 e. The lowest BCUT2D eigenvalue weighted by Gasteiger charge is -2.42. The number of nitrogens with zero attached hydrogens (tertiary/aromatic N) is 1. The summed E-state index contributed by atoms with van der Waals surface area (Å²) in [5.41, 5.74) is 9.03. The largest absolute Gasteiger partial charge is 0.497 e. The predicted molar refractivity (Wildman–Crippen MR) is 79.0 cm³/mol. The maximum Gasteiger partial charge on any atom is 0.119 e. The van der Waals surface area contributed by atoms with Crippen LogP contribution in [-0.4, -0.2) is 26.7 Å². The lowest BCUT2D eigenvalue weighted by atomic mass is 9.66. The molecular formula is C16H24N2O. The van der Waals surface area contributed by atoms with Crippen molar-refractivity contribution < 1.29 is 4.74 Å². The molecule has 1 saturated carbocycles. The molecule has 1 fully saturated rings. The zero-order valence-electron chi connectivity index (χ0n) is 12.0. The summed E-state index contributed by atoms with van der Waals surface area (Å²) in [6, 6.07) is 7.15. The predicted octanol–water partition coefficient (Wildman–Crippen LogP) is 2.67. The van der Waals surface area contributed by atoms with E-state index in [1.165, 1.54) is 36.9 Å². The van der Waals surface area contributed by atoms with Gasteiger partial charge in [0, 0.05) is 24.2 Å². The molecule has 3 nitrogen and oxygen atoms in total. The molecule has 3 rings (SSSR count). The fraction of sp³-hybridized carbons (Fsp3) is 0.625. The molecule has 0 saturated heterocycles. The number of ether oxygens (including phenoxy) is 1. The van der Waals surface area contributed by atoms with E-state index in [0.29, 0.717) is 6.04 Å². The van der Waals surface area contributed by atoms with Crippen LogP contribution in [0.2, 0.25) is 0 Å². The molecule has 0 spiro atoms. The summed E-state index contributed by atoms with van der Waals surface area (Å²) in [5.74, 6) is 0.967. The van der Waals surface area contributed by atoms with Gasteiger partial charge in [0.15, 0.2) is 0 Å². The molecule has 0 radical (unpaired) electrons. The first-order valence-electron chi connectivity index (χ1n) is 7.34. The zero-order chi connectivity index (χ0) is 13.5. The highest BCUT2D eigenvalue weighted by Gasteiger charge is 2.50. The third-order valence-corrected chi connectivity index (χ3v) is 5.17. The van der Waals surface area contributed by atoms with Crippen molar-refractivity contribution >= 4 is 5.69 Å². The van der Waals surface area contributed by atoms with Crippen LogP contribution >= 0.6 is 0 Å². The Morgan fingerprint density at radius 2 is 2.26 bits per heavy atom. The van der Waals surface area contributed by atoms with Gasteiger partial charge in [-0.3, -0.25) is 0 Å². The van der Waals surface area contributed by atoms with Crippen molar-refractivity contribution in [2.24, 2.45) is 5.73 Å². The Morgan fingerprint density at radius 1 is 1.42 bits per heavy atom. The average molecular weight is 260 g/mol. The standard InChI is InChI=1S/C16H24N2O/c1-18-14-7-6-12(19-2)11-13(14)16(9-10-17)8-4-3-5-15(16)18/h6-7,11,15H,3-5,8-10,17H2,1-2H3. The monoisotopic (exact) mass is 260 g/mol.